The molecule has 0 aromatic carbocycles. The van der Waals surface area contributed by atoms with Gasteiger partial charge in [0.15, 0.2) is 5.58 Å². The number of carbonyl (C=O) groups excluding carboxylic acids is 1. The third kappa shape index (κ3) is 2.29. The molecule has 2 aromatic rings. The van der Waals surface area contributed by atoms with Crippen LogP contribution in [-0.4, -0.2) is 41.5 Å². The first-order valence-electron chi connectivity index (χ1n) is 8.14. The highest BCUT2D eigenvalue weighted by Crippen LogP contribution is 2.28. The van der Waals surface area contributed by atoms with Gasteiger partial charge in [0.1, 0.15) is 5.69 Å². The number of piperidine rings is 3. The van der Waals surface area contributed by atoms with E-state index in [4.69, 9.17) is 4.42 Å². The lowest BCUT2D eigenvalue weighted by molar-refractivity contribution is 0.0618. The Kier molecular flexibility index (Phi) is 3.37. The molecular formula is C17H21N3O2. The minimum atomic E-state index is -0.0658. The van der Waals surface area contributed by atoms with E-state index in [9.17, 15) is 4.79 Å². The second-order valence-corrected chi connectivity index (χ2v) is 6.40. The SMILES string of the molecule is CCc1coc2cnc(C(=O)N[C@@H]3CN4CCC3CC4)cc12. The highest BCUT2D eigenvalue weighted by atomic mass is 16.3. The fraction of sp³-hybridized carbons (Fsp3) is 0.529. The van der Waals surface area contributed by atoms with Gasteiger partial charge >= 0.3 is 0 Å². The van der Waals surface area contributed by atoms with Crippen LogP contribution in [0.25, 0.3) is 11.0 Å². The van der Waals surface area contributed by atoms with Gasteiger partial charge in [-0.2, -0.15) is 0 Å². The number of carbonyl (C=O) groups is 1. The van der Waals surface area contributed by atoms with Gasteiger partial charge in [0.25, 0.3) is 5.91 Å². The molecule has 5 heterocycles. The summed E-state index contributed by atoms with van der Waals surface area (Å²) in [4.78, 5) is 19.2. The summed E-state index contributed by atoms with van der Waals surface area (Å²) in [5.41, 5.74) is 2.35. The van der Waals surface area contributed by atoms with E-state index in [1.807, 2.05) is 6.07 Å². The maximum atomic E-state index is 12.5. The summed E-state index contributed by atoms with van der Waals surface area (Å²) in [5.74, 6) is 0.557. The van der Waals surface area contributed by atoms with E-state index in [2.05, 4.69) is 22.1 Å². The average Bonchev–Trinajstić information content (AvgIpc) is 2.98. The van der Waals surface area contributed by atoms with E-state index in [-0.39, 0.29) is 11.9 Å². The van der Waals surface area contributed by atoms with E-state index in [0.717, 1.165) is 29.5 Å². The smallest absolute Gasteiger partial charge is 0.270 e. The minimum absolute atomic E-state index is 0.0658. The number of hydrogen-bond acceptors (Lipinski definition) is 4. The molecule has 0 unspecified atom stereocenters. The Bertz CT molecular complexity index is 701. The Balaban J connectivity index is 1.55. The lowest BCUT2D eigenvalue weighted by Gasteiger charge is -2.44. The molecule has 2 bridgehead atoms. The van der Waals surface area contributed by atoms with Crippen LogP contribution in [0.2, 0.25) is 0 Å². The summed E-state index contributed by atoms with van der Waals surface area (Å²) < 4.78 is 5.46. The number of hydrogen-bond donors (Lipinski definition) is 1. The van der Waals surface area contributed by atoms with Gasteiger partial charge < -0.3 is 14.6 Å². The topological polar surface area (TPSA) is 58.4 Å². The molecule has 3 aliphatic rings. The molecule has 0 radical (unpaired) electrons. The van der Waals surface area contributed by atoms with Gasteiger partial charge in [-0.05, 0) is 49.9 Å². The molecule has 5 heteroatoms. The monoisotopic (exact) mass is 299 g/mol. The van der Waals surface area contributed by atoms with Crippen molar-refractivity contribution in [3.8, 4) is 0 Å². The van der Waals surface area contributed by atoms with Crippen molar-refractivity contribution in [2.75, 3.05) is 19.6 Å². The Morgan fingerprint density at radius 2 is 2.27 bits per heavy atom. The molecule has 22 heavy (non-hydrogen) atoms. The zero-order valence-corrected chi connectivity index (χ0v) is 12.8. The van der Waals surface area contributed by atoms with Gasteiger partial charge in [-0.25, -0.2) is 4.98 Å². The summed E-state index contributed by atoms with van der Waals surface area (Å²) in [7, 11) is 0. The highest BCUT2D eigenvalue weighted by molar-refractivity contribution is 5.96. The molecule has 3 fully saturated rings. The Labute approximate surface area is 129 Å². The lowest BCUT2D eigenvalue weighted by atomic mass is 9.84. The quantitative estimate of drug-likeness (QED) is 0.944. The van der Waals surface area contributed by atoms with Gasteiger partial charge in [0, 0.05) is 18.0 Å². The van der Waals surface area contributed by atoms with E-state index in [1.54, 1.807) is 12.5 Å². The van der Waals surface area contributed by atoms with Gasteiger partial charge in [-0.15, -0.1) is 0 Å². The molecule has 5 rings (SSSR count). The Morgan fingerprint density at radius 3 is 2.95 bits per heavy atom. The fourth-order valence-electron chi connectivity index (χ4n) is 3.75. The second kappa shape index (κ2) is 5.39. The number of nitrogens with one attached hydrogen (secondary N) is 1. The molecule has 2 aromatic heterocycles. The molecule has 5 nitrogen and oxygen atoms in total. The number of fused-ring (bicyclic) bond motifs is 4. The molecule has 0 saturated carbocycles. The first-order chi connectivity index (χ1) is 10.7. The minimum Gasteiger partial charge on any atom is -0.462 e. The molecule has 1 atom stereocenters. The number of rotatable bonds is 3. The Hall–Kier alpha value is -1.88. The van der Waals surface area contributed by atoms with Crippen molar-refractivity contribution < 1.29 is 9.21 Å². The van der Waals surface area contributed by atoms with Crippen LogP contribution in [0.3, 0.4) is 0 Å². The number of pyridine rings is 1. The summed E-state index contributed by atoms with van der Waals surface area (Å²) in [5, 5.41) is 4.18. The van der Waals surface area contributed by atoms with Crippen molar-refractivity contribution in [3.05, 3.63) is 29.8 Å². The zero-order valence-electron chi connectivity index (χ0n) is 12.8. The summed E-state index contributed by atoms with van der Waals surface area (Å²) >= 11 is 0. The number of aryl methyl sites for hydroxylation is 1. The van der Waals surface area contributed by atoms with Gasteiger partial charge in [0.2, 0.25) is 0 Å². The van der Waals surface area contributed by atoms with Crippen LogP contribution in [-0.2, 0) is 6.42 Å². The molecule has 0 aliphatic carbocycles. The van der Waals surface area contributed by atoms with Crippen molar-refractivity contribution in [3.63, 3.8) is 0 Å². The number of furan rings is 1. The third-order valence-corrected chi connectivity index (χ3v) is 5.13. The summed E-state index contributed by atoms with van der Waals surface area (Å²) in [6.07, 6.45) is 6.68. The first-order valence-corrected chi connectivity index (χ1v) is 8.14. The van der Waals surface area contributed by atoms with Crippen molar-refractivity contribution >= 4 is 16.9 Å². The molecule has 1 amide bonds. The molecule has 1 N–H and O–H groups in total. The third-order valence-electron chi connectivity index (χ3n) is 5.13. The van der Waals surface area contributed by atoms with Crippen LogP contribution in [0.5, 0.6) is 0 Å². The number of aromatic nitrogens is 1. The van der Waals surface area contributed by atoms with Crippen LogP contribution in [0, 0.1) is 5.92 Å². The number of nitrogens with zero attached hydrogens (tertiary/aromatic N) is 2. The summed E-state index contributed by atoms with van der Waals surface area (Å²) in [6, 6.07) is 2.12. The first kappa shape index (κ1) is 13.8. The lowest BCUT2D eigenvalue weighted by Crippen LogP contribution is -2.57. The Morgan fingerprint density at radius 1 is 1.45 bits per heavy atom. The molecule has 116 valence electrons. The molecule has 3 aliphatic heterocycles. The van der Waals surface area contributed by atoms with Crippen molar-refractivity contribution in [2.24, 2.45) is 5.92 Å². The van der Waals surface area contributed by atoms with E-state index < -0.39 is 0 Å². The van der Waals surface area contributed by atoms with Crippen LogP contribution in [0.1, 0.15) is 35.8 Å². The zero-order chi connectivity index (χ0) is 15.1. The van der Waals surface area contributed by atoms with E-state index >= 15 is 0 Å². The molecule has 3 saturated heterocycles. The van der Waals surface area contributed by atoms with Crippen LogP contribution in [0.15, 0.2) is 22.9 Å². The maximum absolute atomic E-state index is 12.5. The van der Waals surface area contributed by atoms with Gasteiger partial charge in [0.05, 0.1) is 12.5 Å². The largest absolute Gasteiger partial charge is 0.462 e. The predicted molar refractivity (Wildman–Crippen MR) is 83.8 cm³/mol. The van der Waals surface area contributed by atoms with Gasteiger partial charge in [-0.3, -0.25) is 4.79 Å². The fourth-order valence-corrected chi connectivity index (χ4v) is 3.75. The molecular weight excluding hydrogens is 278 g/mol. The predicted octanol–water partition coefficient (Wildman–Crippen LogP) is 2.21. The second-order valence-electron chi connectivity index (χ2n) is 6.40. The maximum Gasteiger partial charge on any atom is 0.270 e. The summed E-state index contributed by atoms with van der Waals surface area (Å²) in [6.45, 7) is 5.41. The van der Waals surface area contributed by atoms with Crippen molar-refractivity contribution in [2.45, 2.75) is 32.2 Å². The number of amides is 1. The standard InChI is InChI=1S/C17H21N3O2/c1-2-11-10-22-16-8-18-14(7-13(11)16)17(21)19-15-9-20-5-3-12(15)4-6-20/h7-8,10,12,15H,2-6,9H2,1H3,(H,19,21)/t15-/m1/s1. The van der Waals surface area contributed by atoms with E-state index in [0.29, 0.717) is 11.6 Å². The normalized spacial score (nSPS) is 27.2. The average molecular weight is 299 g/mol. The van der Waals surface area contributed by atoms with Gasteiger partial charge in [-0.1, -0.05) is 6.92 Å². The van der Waals surface area contributed by atoms with Crippen LogP contribution >= 0.6 is 0 Å². The molecule has 0 spiro atoms. The van der Waals surface area contributed by atoms with Crippen molar-refractivity contribution in [1.29, 1.82) is 0 Å². The van der Waals surface area contributed by atoms with Crippen LogP contribution in [0.4, 0.5) is 0 Å². The van der Waals surface area contributed by atoms with Crippen molar-refractivity contribution in [1.82, 2.24) is 15.2 Å². The van der Waals surface area contributed by atoms with Crippen LogP contribution < -0.4 is 5.32 Å². The highest BCUT2D eigenvalue weighted by Gasteiger charge is 2.35. The van der Waals surface area contributed by atoms with E-state index in [1.165, 1.54) is 25.9 Å².